The summed E-state index contributed by atoms with van der Waals surface area (Å²) in [5, 5.41) is 14.5. The van der Waals surface area contributed by atoms with Crippen molar-refractivity contribution in [3.8, 4) is 0 Å². The van der Waals surface area contributed by atoms with Gasteiger partial charge in [-0.2, -0.15) is 0 Å². The minimum atomic E-state index is -1.43. The topological polar surface area (TPSA) is 132 Å². The van der Waals surface area contributed by atoms with E-state index in [1.165, 1.54) is 12.1 Å². The highest BCUT2D eigenvalue weighted by Crippen LogP contribution is 2.35. The van der Waals surface area contributed by atoms with Crippen molar-refractivity contribution in [1.29, 1.82) is 0 Å². The fourth-order valence-corrected chi connectivity index (χ4v) is 3.32. The summed E-state index contributed by atoms with van der Waals surface area (Å²) in [6.07, 6.45) is 0.402. The standard InChI is InChI=1S/C20H28FN5O5/c1-20(2,3)31-19(30)23-12-8-9-26(10-12)14-7-6-13(17(27)24-25-18(28)29)16(15(14)21)22-11-4-5-11/h6-7,11-12,22,25H,4-5,8-10H2,1-3H3,(H,23,30)(H,24,27)(H,28,29). The van der Waals surface area contributed by atoms with Gasteiger partial charge >= 0.3 is 12.2 Å². The van der Waals surface area contributed by atoms with Crippen LogP contribution in [0.2, 0.25) is 0 Å². The average molecular weight is 437 g/mol. The summed E-state index contributed by atoms with van der Waals surface area (Å²) in [6, 6.07) is 2.82. The molecule has 0 bridgehead atoms. The van der Waals surface area contributed by atoms with Crippen molar-refractivity contribution >= 4 is 29.5 Å². The lowest BCUT2D eigenvalue weighted by atomic mass is 10.1. The van der Waals surface area contributed by atoms with Crippen LogP contribution in [0.25, 0.3) is 0 Å². The zero-order valence-electron chi connectivity index (χ0n) is 17.8. The second-order valence-electron chi connectivity index (χ2n) is 8.70. The summed E-state index contributed by atoms with van der Waals surface area (Å²) in [5.74, 6) is -1.35. The monoisotopic (exact) mass is 437 g/mol. The Morgan fingerprint density at radius 2 is 1.84 bits per heavy atom. The van der Waals surface area contributed by atoms with Gasteiger partial charge in [-0.1, -0.05) is 0 Å². The molecule has 11 heteroatoms. The molecule has 1 saturated carbocycles. The first-order valence-electron chi connectivity index (χ1n) is 10.2. The van der Waals surface area contributed by atoms with Gasteiger partial charge in [-0.3, -0.25) is 10.2 Å². The Balaban J connectivity index is 1.73. The second kappa shape index (κ2) is 8.86. The van der Waals surface area contributed by atoms with Crippen molar-refractivity contribution < 1.29 is 28.6 Å². The highest BCUT2D eigenvalue weighted by atomic mass is 19.1. The molecule has 3 amide bonds. The molecule has 10 nitrogen and oxygen atoms in total. The number of alkyl carbamates (subject to hydrolysis) is 1. The number of amides is 3. The summed E-state index contributed by atoms with van der Waals surface area (Å²) in [5.41, 5.74) is 3.54. The van der Waals surface area contributed by atoms with Gasteiger partial charge in [0.1, 0.15) is 5.60 Å². The number of anilines is 2. The van der Waals surface area contributed by atoms with E-state index in [-0.39, 0.29) is 23.3 Å². The molecule has 1 saturated heterocycles. The molecule has 1 aliphatic carbocycles. The fraction of sp³-hybridized carbons (Fsp3) is 0.550. The van der Waals surface area contributed by atoms with E-state index in [4.69, 9.17) is 9.84 Å². The van der Waals surface area contributed by atoms with E-state index in [1.54, 1.807) is 31.1 Å². The SMILES string of the molecule is CC(C)(C)OC(=O)NC1CCN(c2ccc(C(=O)NNC(=O)O)c(NC3CC3)c2F)C1. The third-order valence-electron chi connectivity index (χ3n) is 4.82. The lowest BCUT2D eigenvalue weighted by molar-refractivity contribution is 0.0508. The number of nitrogens with one attached hydrogen (secondary N) is 4. The summed E-state index contributed by atoms with van der Waals surface area (Å²) in [4.78, 5) is 36.8. The van der Waals surface area contributed by atoms with E-state index in [0.29, 0.717) is 25.2 Å². The Kier molecular flexibility index (Phi) is 6.42. The van der Waals surface area contributed by atoms with Gasteiger partial charge in [-0.05, 0) is 52.2 Å². The largest absolute Gasteiger partial charge is 0.464 e. The number of carbonyl (C=O) groups is 3. The van der Waals surface area contributed by atoms with Gasteiger partial charge in [0.25, 0.3) is 5.91 Å². The van der Waals surface area contributed by atoms with Crippen LogP contribution < -0.4 is 26.4 Å². The third kappa shape index (κ3) is 6.12. The molecule has 1 aromatic rings. The molecule has 1 heterocycles. The van der Waals surface area contributed by atoms with Crippen molar-refractivity contribution in [2.75, 3.05) is 23.3 Å². The van der Waals surface area contributed by atoms with E-state index >= 15 is 4.39 Å². The van der Waals surface area contributed by atoms with Crippen LogP contribution in [-0.4, -0.2) is 54.0 Å². The molecule has 170 valence electrons. The smallest absolute Gasteiger partial charge is 0.423 e. The van der Waals surface area contributed by atoms with Crippen molar-refractivity contribution in [2.24, 2.45) is 0 Å². The lowest BCUT2D eigenvalue weighted by Crippen LogP contribution is -2.41. The van der Waals surface area contributed by atoms with E-state index in [2.05, 4.69) is 10.6 Å². The van der Waals surface area contributed by atoms with Gasteiger partial charge in [0.2, 0.25) is 0 Å². The third-order valence-corrected chi connectivity index (χ3v) is 4.82. The molecule has 5 N–H and O–H groups in total. The van der Waals surface area contributed by atoms with Crippen molar-refractivity contribution in [2.45, 2.75) is 57.7 Å². The summed E-state index contributed by atoms with van der Waals surface area (Å²) in [6.45, 7) is 6.25. The highest BCUT2D eigenvalue weighted by molar-refractivity contribution is 6.01. The molecule has 2 fully saturated rings. The number of halogens is 1. The molecule has 1 atom stereocenters. The first kappa shape index (κ1) is 22.4. The molecule has 1 aromatic carbocycles. The van der Waals surface area contributed by atoms with Gasteiger partial charge in [0, 0.05) is 19.1 Å². The first-order valence-corrected chi connectivity index (χ1v) is 10.2. The van der Waals surface area contributed by atoms with Crippen molar-refractivity contribution in [3.63, 3.8) is 0 Å². The zero-order chi connectivity index (χ0) is 22.8. The second-order valence-corrected chi connectivity index (χ2v) is 8.70. The summed E-state index contributed by atoms with van der Waals surface area (Å²) in [7, 11) is 0. The molecule has 31 heavy (non-hydrogen) atoms. The highest BCUT2D eigenvalue weighted by Gasteiger charge is 2.31. The minimum Gasteiger partial charge on any atom is -0.464 e. The van der Waals surface area contributed by atoms with Crippen LogP contribution in [0.1, 0.15) is 50.4 Å². The number of hydrogen-bond acceptors (Lipinski definition) is 6. The fourth-order valence-electron chi connectivity index (χ4n) is 3.32. The average Bonchev–Trinajstić information content (AvgIpc) is 3.36. The van der Waals surface area contributed by atoms with E-state index in [9.17, 15) is 14.4 Å². The van der Waals surface area contributed by atoms with Crippen molar-refractivity contribution in [1.82, 2.24) is 16.2 Å². The maximum absolute atomic E-state index is 15.4. The van der Waals surface area contributed by atoms with Crippen LogP contribution in [0, 0.1) is 5.82 Å². The van der Waals surface area contributed by atoms with Crippen LogP contribution in [0.4, 0.5) is 25.4 Å². The lowest BCUT2D eigenvalue weighted by Gasteiger charge is -2.24. The number of benzene rings is 1. The van der Waals surface area contributed by atoms with Crippen LogP contribution in [0.15, 0.2) is 12.1 Å². The maximum Gasteiger partial charge on any atom is 0.423 e. The Bertz CT molecular complexity index is 868. The van der Waals surface area contributed by atoms with Crippen LogP contribution in [0.5, 0.6) is 0 Å². The molecular weight excluding hydrogens is 409 g/mol. The minimum absolute atomic E-state index is 0.00419. The van der Waals surface area contributed by atoms with Gasteiger partial charge < -0.3 is 25.4 Å². The number of carbonyl (C=O) groups excluding carboxylic acids is 2. The molecule has 2 aliphatic rings. The molecular formula is C20H28FN5O5. The number of ether oxygens (including phenoxy) is 1. The molecule has 0 spiro atoms. The van der Waals surface area contributed by atoms with Gasteiger partial charge in [0.05, 0.1) is 23.0 Å². The molecule has 1 aliphatic heterocycles. The summed E-state index contributed by atoms with van der Waals surface area (Å²) < 4.78 is 20.7. The Morgan fingerprint density at radius 3 is 2.45 bits per heavy atom. The first-order chi connectivity index (χ1) is 14.5. The predicted octanol–water partition coefficient (Wildman–Crippen LogP) is 2.42. The van der Waals surface area contributed by atoms with Gasteiger partial charge in [-0.15, -0.1) is 0 Å². The van der Waals surface area contributed by atoms with E-state index in [0.717, 1.165) is 12.8 Å². The summed E-state index contributed by atoms with van der Waals surface area (Å²) >= 11 is 0. The van der Waals surface area contributed by atoms with Gasteiger partial charge in [0.15, 0.2) is 5.82 Å². The van der Waals surface area contributed by atoms with E-state index in [1.807, 2.05) is 5.43 Å². The van der Waals surface area contributed by atoms with Crippen LogP contribution in [0.3, 0.4) is 0 Å². The number of rotatable bonds is 5. The number of hydrogen-bond donors (Lipinski definition) is 5. The number of hydrazine groups is 1. The Hall–Kier alpha value is -3.24. The number of carboxylic acid groups (broad SMARTS) is 1. The molecule has 0 radical (unpaired) electrons. The Labute approximate surface area is 179 Å². The zero-order valence-corrected chi connectivity index (χ0v) is 17.8. The van der Waals surface area contributed by atoms with Crippen LogP contribution >= 0.6 is 0 Å². The van der Waals surface area contributed by atoms with Crippen molar-refractivity contribution in [3.05, 3.63) is 23.5 Å². The maximum atomic E-state index is 15.4. The van der Waals surface area contributed by atoms with Gasteiger partial charge in [-0.25, -0.2) is 19.4 Å². The molecule has 3 rings (SSSR count). The quantitative estimate of drug-likeness (QED) is 0.447. The van der Waals surface area contributed by atoms with E-state index < -0.39 is 29.5 Å². The van der Waals surface area contributed by atoms with Crippen LogP contribution in [-0.2, 0) is 4.74 Å². The normalized spacial score (nSPS) is 18.3. The molecule has 1 unspecified atom stereocenters. The molecule has 0 aromatic heterocycles. The number of nitrogens with zero attached hydrogens (tertiary/aromatic N) is 1. The Morgan fingerprint density at radius 1 is 1.13 bits per heavy atom. The predicted molar refractivity (Wildman–Crippen MR) is 112 cm³/mol.